The molecule has 0 spiro atoms. The van der Waals surface area contributed by atoms with Gasteiger partial charge in [-0.05, 0) is 12.8 Å². The highest BCUT2D eigenvalue weighted by Crippen LogP contribution is 2.04. The summed E-state index contributed by atoms with van der Waals surface area (Å²) in [6, 6.07) is 0. The summed E-state index contributed by atoms with van der Waals surface area (Å²) in [5.74, 6) is 0. The minimum Gasteiger partial charge on any atom is -0.0939 e. The lowest BCUT2D eigenvalue weighted by Gasteiger charge is -1.95. The molecule has 0 aromatic rings. The summed E-state index contributed by atoms with van der Waals surface area (Å²) in [5, 5.41) is 0. The molecule has 0 aliphatic carbocycles. The second-order valence-electron chi connectivity index (χ2n) is 1.81. The molecule has 0 aliphatic rings. The fraction of sp³-hybridized carbons (Fsp3) is 0.714. The summed E-state index contributed by atoms with van der Waals surface area (Å²) in [5.41, 5.74) is 1.47. The normalized spacial score (nSPS) is 8.75. The standard InChI is InChI=1S/C7H13B/c1-3-7(4-2)5-6-8/h5H,3-4,6H2,1-2H3. The summed E-state index contributed by atoms with van der Waals surface area (Å²) in [4.78, 5) is 0. The van der Waals surface area contributed by atoms with Gasteiger partial charge in [0.05, 0.1) is 7.85 Å². The Balaban J connectivity index is 3.49. The van der Waals surface area contributed by atoms with Crippen molar-refractivity contribution in [3.63, 3.8) is 0 Å². The molecule has 0 unspecified atom stereocenters. The van der Waals surface area contributed by atoms with Crippen LogP contribution in [0.2, 0.25) is 6.32 Å². The van der Waals surface area contributed by atoms with E-state index in [-0.39, 0.29) is 0 Å². The second-order valence-corrected chi connectivity index (χ2v) is 1.81. The van der Waals surface area contributed by atoms with Gasteiger partial charge in [0.15, 0.2) is 0 Å². The third-order valence-electron chi connectivity index (χ3n) is 1.31. The summed E-state index contributed by atoms with van der Waals surface area (Å²) < 4.78 is 0. The van der Waals surface area contributed by atoms with E-state index in [1.165, 1.54) is 5.57 Å². The molecule has 0 fully saturated rings. The molecule has 0 bridgehead atoms. The van der Waals surface area contributed by atoms with Crippen molar-refractivity contribution in [1.82, 2.24) is 0 Å². The lowest BCUT2D eigenvalue weighted by atomic mass is 10.0. The van der Waals surface area contributed by atoms with Crippen molar-refractivity contribution in [3.8, 4) is 0 Å². The maximum atomic E-state index is 5.30. The van der Waals surface area contributed by atoms with E-state index in [0.717, 1.165) is 12.8 Å². The lowest BCUT2D eigenvalue weighted by molar-refractivity contribution is 0.972. The zero-order valence-electron chi connectivity index (χ0n) is 5.78. The average molecular weight is 108 g/mol. The first-order chi connectivity index (χ1) is 3.85. The van der Waals surface area contributed by atoms with Gasteiger partial charge in [-0.3, -0.25) is 0 Å². The number of rotatable bonds is 3. The predicted octanol–water partition coefficient (Wildman–Crippen LogP) is 2.32. The fourth-order valence-electron chi connectivity index (χ4n) is 0.705. The number of allylic oxidation sites excluding steroid dienone is 2. The van der Waals surface area contributed by atoms with Gasteiger partial charge in [0.2, 0.25) is 0 Å². The van der Waals surface area contributed by atoms with Crippen LogP contribution in [0.4, 0.5) is 0 Å². The molecule has 0 atom stereocenters. The highest BCUT2D eigenvalue weighted by molar-refractivity contribution is 6.09. The molecule has 0 rings (SSSR count). The van der Waals surface area contributed by atoms with Gasteiger partial charge in [-0.2, -0.15) is 0 Å². The topological polar surface area (TPSA) is 0 Å². The van der Waals surface area contributed by atoms with Crippen LogP contribution in [0, 0.1) is 0 Å². The van der Waals surface area contributed by atoms with Gasteiger partial charge in [-0.25, -0.2) is 0 Å². The van der Waals surface area contributed by atoms with Crippen LogP contribution >= 0.6 is 0 Å². The zero-order chi connectivity index (χ0) is 6.41. The molecule has 0 saturated carbocycles. The SMILES string of the molecule is [B]CC=C(CC)CC. The highest BCUT2D eigenvalue weighted by Gasteiger charge is 1.84. The molecule has 0 amide bonds. The largest absolute Gasteiger partial charge is 0.0939 e. The zero-order valence-corrected chi connectivity index (χ0v) is 5.78. The molecule has 0 aromatic heterocycles. The molecule has 0 heterocycles. The van der Waals surface area contributed by atoms with Crippen LogP contribution < -0.4 is 0 Å². The van der Waals surface area contributed by atoms with Crippen molar-refractivity contribution in [2.45, 2.75) is 33.0 Å². The van der Waals surface area contributed by atoms with Crippen molar-refractivity contribution in [2.24, 2.45) is 0 Å². The molecule has 0 saturated heterocycles. The Morgan fingerprint density at radius 2 is 1.88 bits per heavy atom. The van der Waals surface area contributed by atoms with E-state index >= 15 is 0 Å². The molecule has 8 heavy (non-hydrogen) atoms. The van der Waals surface area contributed by atoms with Crippen LogP contribution in [0.3, 0.4) is 0 Å². The molecule has 0 nitrogen and oxygen atoms in total. The monoisotopic (exact) mass is 108 g/mol. The van der Waals surface area contributed by atoms with Crippen LogP contribution in [0.25, 0.3) is 0 Å². The molecule has 0 aromatic carbocycles. The average Bonchev–Trinajstić information content (AvgIpc) is 1.83. The van der Waals surface area contributed by atoms with E-state index in [9.17, 15) is 0 Å². The Bertz CT molecular complexity index is 68.5. The summed E-state index contributed by atoms with van der Waals surface area (Å²) in [6.07, 6.45) is 5.08. The van der Waals surface area contributed by atoms with Crippen LogP contribution in [0.15, 0.2) is 11.6 Å². The second kappa shape index (κ2) is 4.95. The highest BCUT2D eigenvalue weighted by atomic mass is 13.9. The quantitative estimate of drug-likeness (QED) is 0.384. The van der Waals surface area contributed by atoms with Gasteiger partial charge in [0, 0.05) is 0 Å². The Labute approximate surface area is 53.4 Å². The maximum absolute atomic E-state index is 5.30. The molecule has 0 N–H and O–H groups in total. The van der Waals surface area contributed by atoms with Crippen LogP contribution in [-0.2, 0) is 0 Å². The van der Waals surface area contributed by atoms with E-state index in [1.54, 1.807) is 0 Å². The van der Waals surface area contributed by atoms with E-state index < -0.39 is 0 Å². The molecule has 0 aliphatic heterocycles. The maximum Gasteiger partial charge on any atom is 0.0708 e. The van der Waals surface area contributed by atoms with Gasteiger partial charge < -0.3 is 0 Å². The Kier molecular flexibility index (Phi) is 4.83. The van der Waals surface area contributed by atoms with Crippen LogP contribution in [-0.4, -0.2) is 7.85 Å². The van der Waals surface area contributed by atoms with E-state index in [0.29, 0.717) is 6.32 Å². The Morgan fingerprint density at radius 3 is 2.00 bits per heavy atom. The number of hydrogen-bond acceptors (Lipinski definition) is 0. The van der Waals surface area contributed by atoms with Gasteiger partial charge in [-0.1, -0.05) is 31.8 Å². The van der Waals surface area contributed by atoms with E-state index in [2.05, 4.69) is 19.9 Å². The van der Waals surface area contributed by atoms with Gasteiger partial charge >= 0.3 is 0 Å². The molecule has 44 valence electrons. The summed E-state index contributed by atoms with van der Waals surface area (Å²) >= 11 is 0. The summed E-state index contributed by atoms with van der Waals surface area (Å²) in [6.45, 7) is 4.32. The number of hydrogen-bond donors (Lipinski definition) is 0. The molecule has 1 heteroatoms. The van der Waals surface area contributed by atoms with Gasteiger partial charge in [0.1, 0.15) is 0 Å². The van der Waals surface area contributed by atoms with Gasteiger partial charge in [-0.15, -0.1) is 0 Å². The van der Waals surface area contributed by atoms with Crippen molar-refractivity contribution < 1.29 is 0 Å². The molecular formula is C7H13B. The lowest BCUT2D eigenvalue weighted by Crippen LogP contribution is -1.75. The predicted molar refractivity (Wildman–Crippen MR) is 39.2 cm³/mol. The minimum absolute atomic E-state index is 0.691. The van der Waals surface area contributed by atoms with E-state index in [4.69, 9.17) is 7.85 Å². The van der Waals surface area contributed by atoms with Crippen molar-refractivity contribution in [1.29, 1.82) is 0 Å². The van der Waals surface area contributed by atoms with Crippen molar-refractivity contribution in [3.05, 3.63) is 11.6 Å². The molecule has 2 radical (unpaired) electrons. The van der Waals surface area contributed by atoms with E-state index in [1.807, 2.05) is 0 Å². The van der Waals surface area contributed by atoms with Crippen molar-refractivity contribution >= 4 is 7.85 Å². The van der Waals surface area contributed by atoms with Crippen molar-refractivity contribution in [2.75, 3.05) is 0 Å². The summed E-state index contributed by atoms with van der Waals surface area (Å²) in [7, 11) is 5.30. The van der Waals surface area contributed by atoms with Crippen LogP contribution in [0.5, 0.6) is 0 Å². The minimum atomic E-state index is 0.691. The smallest absolute Gasteiger partial charge is 0.0708 e. The fourth-order valence-corrected chi connectivity index (χ4v) is 0.705. The van der Waals surface area contributed by atoms with Crippen LogP contribution in [0.1, 0.15) is 26.7 Å². The molecular weight excluding hydrogens is 94.9 g/mol. The third kappa shape index (κ3) is 2.89. The first-order valence-electron chi connectivity index (χ1n) is 3.23. The van der Waals surface area contributed by atoms with Gasteiger partial charge in [0.25, 0.3) is 0 Å². The first-order valence-corrected chi connectivity index (χ1v) is 3.23. The third-order valence-corrected chi connectivity index (χ3v) is 1.31. The Morgan fingerprint density at radius 1 is 1.38 bits per heavy atom. The Hall–Kier alpha value is -0.195. The first kappa shape index (κ1) is 7.80.